The van der Waals surface area contributed by atoms with Crippen molar-refractivity contribution < 1.29 is 14.3 Å². The lowest BCUT2D eigenvalue weighted by atomic mass is 9.93. The molecule has 2 saturated heterocycles. The van der Waals surface area contributed by atoms with E-state index in [4.69, 9.17) is 16.3 Å². The molecule has 0 unspecified atom stereocenters. The molecule has 2 aliphatic heterocycles. The second kappa shape index (κ2) is 10.6. The van der Waals surface area contributed by atoms with Gasteiger partial charge < -0.3 is 15.0 Å². The van der Waals surface area contributed by atoms with Crippen LogP contribution in [0.1, 0.15) is 39.3 Å². The van der Waals surface area contributed by atoms with Gasteiger partial charge in [-0.1, -0.05) is 17.7 Å². The number of morpholine rings is 1. The third-order valence-electron chi connectivity index (χ3n) is 6.07. The van der Waals surface area contributed by atoms with Gasteiger partial charge >= 0.3 is 0 Å². The van der Waals surface area contributed by atoms with E-state index in [1.165, 1.54) is 17.8 Å². The van der Waals surface area contributed by atoms with Gasteiger partial charge in [-0.05, 0) is 61.4 Å². The van der Waals surface area contributed by atoms with E-state index in [0.717, 1.165) is 58.8 Å². The molecule has 2 fully saturated rings. The molecule has 2 amide bonds. The standard InChI is InChI=1S/C23H28ClN3O3S/c24-19-4-3-18(16-20(19)25-22(28)21-2-1-15-31-21)23(29)27-9-6-17(7-10-27)5-8-26-11-13-30-14-12-26/h1-4,15-17H,5-14H2,(H,25,28). The number of ether oxygens (including phenoxy) is 1. The highest BCUT2D eigenvalue weighted by Gasteiger charge is 2.25. The lowest BCUT2D eigenvalue weighted by Gasteiger charge is -2.34. The molecule has 0 bridgehead atoms. The second-order valence-electron chi connectivity index (χ2n) is 8.10. The second-order valence-corrected chi connectivity index (χ2v) is 9.46. The molecule has 0 atom stereocenters. The number of carbonyl (C=O) groups is 2. The van der Waals surface area contributed by atoms with Gasteiger partial charge in [0.05, 0.1) is 28.8 Å². The van der Waals surface area contributed by atoms with Crippen LogP contribution in [0.2, 0.25) is 5.02 Å². The van der Waals surface area contributed by atoms with Crippen LogP contribution in [0, 0.1) is 5.92 Å². The van der Waals surface area contributed by atoms with Crippen LogP contribution in [0.4, 0.5) is 5.69 Å². The van der Waals surface area contributed by atoms with Crippen LogP contribution < -0.4 is 5.32 Å². The first kappa shape index (κ1) is 22.3. The Hall–Kier alpha value is -1.93. The molecule has 0 saturated carbocycles. The lowest BCUT2D eigenvalue weighted by Crippen LogP contribution is -2.40. The number of hydrogen-bond donors (Lipinski definition) is 1. The smallest absolute Gasteiger partial charge is 0.265 e. The molecule has 166 valence electrons. The third kappa shape index (κ3) is 5.86. The first-order chi connectivity index (χ1) is 15.1. The predicted molar refractivity (Wildman–Crippen MR) is 124 cm³/mol. The minimum absolute atomic E-state index is 0.00471. The maximum atomic E-state index is 13.0. The van der Waals surface area contributed by atoms with Crippen LogP contribution in [0.3, 0.4) is 0 Å². The number of likely N-dealkylation sites (tertiary alicyclic amines) is 1. The van der Waals surface area contributed by atoms with Crippen molar-refractivity contribution in [2.45, 2.75) is 19.3 Å². The number of carbonyl (C=O) groups excluding carboxylic acids is 2. The topological polar surface area (TPSA) is 61.9 Å². The highest BCUT2D eigenvalue weighted by atomic mass is 35.5. The van der Waals surface area contributed by atoms with E-state index >= 15 is 0 Å². The molecule has 31 heavy (non-hydrogen) atoms. The average molecular weight is 462 g/mol. The zero-order chi connectivity index (χ0) is 21.6. The fraction of sp³-hybridized carbons (Fsp3) is 0.478. The van der Waals surface area contributed by atoms with Gasteiger partial charge in [0.2, 0.25) is 0 Å². The Labute approximate surface area is 192 Å². The Bertz CT molecular complexity index is 891. The predicted octanol–water partition coefficient (Wildman–Crippen LogP) is 4.23. The third-order valence-corrected chi connectivity index (χ3v) is 7.26. The summed E-state index contributed by atoms with van der Waals surface area (Å²) in [5, 5.41) is 5.09. The van der Waals surface area contributed by atoms with Gasteiger partial charge in [-0.2, -0.15) is 0 Å². The SMILES string of the molecule is O=C(Nc1cc(C(=O)N2CCC(CCN3CCOCC3)CC2)ccc1Cl)c1cccs1. The highest BCUT2D eigenvalue weighted by molar-refractivity contribution is 7.12. The Morgan fingerprint density at radius 3 is 2.61 bits per heavy atom. The first-order valence-electron chi connectivity index (χ1n) is 10.8. The summed E-state index contributed by atoms with van der Waals surface area (Å²) in [6.45, 7) is 6.39. The van der Waals surface area contributed by atoms with Crippen LogP contribution in [-0.2, 0) is 4.74 Å². The minimum atomic E-state index is -0.220. The quantitative estimate of drug-likeness (QED) is 0.699. The summed E-state index contributed by atoms with van der Waals surface area (Å²) in [6.07, 6.45) is 3.25. The van der Waals surface area contributed by atoms with Crippen LogP contribution in [-0.4, -0.2) is 67.6 Å². The van der Waals surface area contributed by atoms with Crippen molar-refractivity contribution in [3.05, 3.63) is 51.2 Å². The molecule has 1 N–H and O–H groups in total. The number of anilines is 1. The van der Waals surface area contributed by atoms with E-state index in [2.05, 4.69) is 10.2 Å². The van der Waals surface area contributed by atoms with Crippen LogP contribution in [0.25, 0.3) is 0 Å². The lowest BCUT2D eigenvalue weighted by molar-refractivity contribution is 0.0332. The van der Waals surface area contributed by atoms with Crippen molar-refractivity contribution >= 4 is 40.4 Å². The highest BCUT2D eigenvalue weighted by Crippen LogP contribution is 2.27. The minimum Gasteiger partial charge on any atom is -0.379 e. The number of piperidine rings is 1. The number of nitrogens with zero attached hydrogens (tertiary/aromatic N) is 2. The molecule has 8 heteroatoms. The Balaban J connectivity index is 1.30. The normalized spacial score (nSPS) is 18.2. The van der Waals surface area contributed by atoms with Crippen molar-refractivity contribution in [3.63, 3.8) is 0 Å². The maximum absolute atomic E-state index is 13.0. The number of amides is 2. The summed E-state index contributed by atoms with van der Waals surface area (Å²) < 4.78 is 5.41. The summed E-state index contributed by atoms with van der Waals surface area (Å²) in [6, 6.07) is 8.67. The monoisotopic (exact) mass is 461 g/mol. The van der Waals surface area contributed by atoms with Crippen molar-refractivity contribution in [2.75, 3.05) is 51.3 Å². The summed E-state index contributed by atoms with van der Waals surface area (Å²) in [4.78, 5) is 30.4. The number of nitrogens with one attached hydrogen (secondary N) is 1. The molecule has 0 radical (unpaired) electrons. The van der Waals surface area contributed by atoms with E-state index in [-0.39, 0.29) is 11.8 Å². The fourth-order valence-electron chi connectivity index (χ4n) is 4.14. The van der Waals surface area contributed by atoms with Gasteiger partial charge in [-0.25, -0.2) is 0 Å². The van der Waals surface area contributed by atoms with Gasteiger partial charge in [0.15, 0.2) is 0 Å². The van der Waals surface area contributed by atoms with E-state index < -0.39 is 0 Å². The van der Waals surface area contributed by atoms with Crippen molar-refractivity contribution in [1.29, 1.82) is 0 Å². The zero-order valence-corrected chi connectivity index (χ0v) is 19.1. The van der Waals surface area contributed by atoms with Gasteiger partial charge in [-0.15, -0.1) is 11.3 Å². The molecule has 0 spiro atoms. The molecule has 1 aromatic carbocycles. The molecule has 3 heterocycles. The Morgan fingerprint density at radius 2 is 1.90 bits per heavy atom. The molecule has 2 aromatic rings. The summed E-state index contributed by atoms with van der Waals surface area (Å²) in [7, 11) is 0. The van der Waals surface area contributed by atoms with Crippen LogP contribution in [0.15, 0.2) is 35.7 Å². The van der Waals surface area contributed by atoms with E-state index in [1.54, 1.807) is 24.3 Å². The van der Waals surface area contributed by atoms with Gasteiger partial charge in [0, 0.05) is 31.7 Å². The fourth-order valence-corrected chi connectivity index (χ4v) is 4.93. The van der Waals surface area contributed by atoms with Gasteiger partial charge in [0.25, 0.3) is 11.8 Å². The van der Waals surface area contributed by atoms with E-state index in [1.807, 2.05) is 16.3 Å². The van der Waals surface area contributed by atoms with Gasteiger partial charge in [0.1, 0.15) is 0 Å². The number of benzene rings is 1. The number of hydrogen-bond acceptors (Lipinski definition) is 5. The van der Waals surface area contributed by atoms with Crippen molar-refractivity contribution in [3.8, 4) is 0 Å². The molecular weight excluding hydrogens is 434 g/mol. The molecule has 2 aliphatic rings. The summed E-state index contributed by atoms with van der Waals surface area (Å²) in [5.74, 6) is 0.440. The number of rotatable bonds is 6. The summed E-state index contributed by atoms with van der Waals surface area (Å²) >= 11 is 7.62. The van der Waals surface area contributed by atoms with E-state index in [9.17, 15) is 9.59 Å². The average Bonchev–Trinajstić information content (AvgIpc) is 3.35. The first-order valence-corrected chi connectivity index (χ1v) is 12.1. The zero-order valence-electron chi connectivity index (χ0n) is 17.5. The van der Waals surface area contributed by atoms with Crippen LogP contribution >= 0.6 is 22.9 Å². The Kier molecular flexibility index (Phi) is 7.61. The molecule has 6 nitrogen and oxygen atoms in total. The van der Waals surface area contributed by atoms with Crippen LogP contribution in [0.5, 0.6) is 0 Å². The van der Waals surface area contributed by atoms with Crippen molar-refractivity contribution in [2.24, 2.45) is 5.92 Å². The maximum Gasteiger partial charge on any atom is 0.265 e. The molecule has 4 rings (SSSR count). The van der Waals surface area contributed by atoms with Gasteiger partial charge in [-0.3, -0.25) is 14.5 Å². The Morgan fingerprint density at radius 1 is 1.13 bits per heavy atom. The van der Waals surface area contributed by atoms with E-state index in [0.29, 0.717) is 27.1 Å². The largest absolute Gasteiger partial charge is 0.379 e. The molecule has 0 aliphatic carbocycles. The summed E-state index contributed by atoms with van der Waals surface area (Å²) in [5.41, 5.74) is 1.02. The van der Waals surface area contributed by atoms with Crippen molar-refractivity contribution in [1.82, 2.24) is 9.80 Å². The molecular formula is C23H28ClN3O3S. The number of halogens is 1. The number of thiophene rings is 1. The molecule has 1 aromatic heterocycles.